The molecule has 0 heterocycles. The summed E-state index contributed by atoms with van der Waals surface area (Å²) in [5.41, 5.74) is 0. The predicted octanol–water partition coefficient (Wildman–Crippen LogP) is 6.80. The number of carbonyl (C=O) groups excluding carboxylic acids is 1. The van der Waals surface area contributed by atoms with Gasteiger partial charge in [0, 0.05) is 11.8 Å². The van der Waals surface area contributed by atoms with Crippen LogP contribution in [0.5, 0.6) is 0 Å². The van der Waals surface area contributed by atoms with Crippen molar-refractivity contribution in [2.45, 2.75) is 103 Å². The van der Waals surface area contributed by atoms with Gasteiger partial charge in [-0.25, -0.2) is 0 Å². The molecule has 0 spiro atoms. The van der Waals surface area contributed by atoms with Crippen LogP contribution in [0, 0.1) is 0 Å². The lowest BCUT2D eigenvalue weighted by atomic mass is 10.1. The molecule has 0 N–H and O–H groups in total. The number of hydrogen-bond acceptors (Lipinski definition) is 2. The molecule has 0 aliphatic heterocycles. The Morgan fingerprint density at radius 3 is 1.73 bits per heavy atom. The van der Waals surface area contributed by atoms with Crippen molar-refractivity contribution in [2.75, 3.05) is 11.9 Å². The summed E-state index contributed by atoms with van der Waals surface area (Å²) in [5, 5.41) is 0.971. The normalized spacial score (nSPS) is 10.8. The van der Waals surface area contributed by atoms with Gasteiger partial charge in [-0.05, 0) is 19.3 Å². The Labute approximate surface area is 146 Å². The fourth-order valence-electron chi connectivity index (χ4n) is 2.57. The molecule has 0 rings (SSSR count). The van der Waals surface area contributed by atoms with Crippen LogP contribution < -0.4 is 0 Å². The van der Waals surface area contributed by atoms with E-state index in [4.69, 9.17) is 4.74 Å². The Balaban J connectivity index is 3.06. The first kappa shape index (κ1) is 21.9. The monoisotopic (exact) mass is 376 g/mol. The number of halogens is 1. The molecule has 0 aliphatic carbocycles. The molecule has 0 atom stereocenters. The zero-order valence-corrected chi connectivity index (χ0v) is 16.3. The molecule has 0 aromatic rings. The summed E-state index contributed by atoms with van der Waals surface area (Å²) in [6.45, 7) is 2.89. The molecule has 0 aliphatic rings. The number of alkyl halides is 1. The molecule has 0 radical (unpaired) electrons. The number of esters is 1. The lowest BCUT2D eigenvalue weighted by molar-refractivity contribution is -0.143. The van der Waals surface area contributed by atoms with Gasteiger partial charge in [0.05, 0.1) is 6.61 Å². The van der Waals surface area contributed by atoms with E-state index in [1.807, 2.05) is 0 Å². The van der Waals surface area contributed by atoms with E-state index in [0.717, 1.165) is 24.6 Å². The maximum atomic E-state index is 11.4. The molecule has 132 valence electrons. The van der Waals surface area contributed by atoms with Gasteiger partial charge in [-0.2, -0.15) is 0 Å². The zero-order valence-electron chi connectivity index (χ0n) is 14.7. The molecule has 0 bridgehead atoms. The Morgan fingerprint density at radius 2 is 1.23 bits per heavy atom. The quantitative estimate of drug-likeness (QED) is 0.158. The summed E-state index contributed by atoms with van der Waals surface area (Å²) in [4.78, 5) is 11.4. The Kier molecular flexibility index (Phi) is 19.0. The highest BCUT2D eigenvalue weighted by Crippen LogP contribution is 2.12. The molecule has 0 saturated carbocycles. The summed E-state index contributed by atoms with van der Waals surface area (Å²) in [5.74, 6) is -0.0241. The summed E-state index contributed by atoms with van der Waals surface area (Å²) < 4.78 is 5.23. The van der Waals surface area contributed by atoms with Crippen molar-refractivity contribution in [3.63, 3.8) is 0 Å². The van der Waals surface area contributed by atoms with Crippen molar-refractivity contribution in [1.82, 2.24) is 0 Å². The van der Waals surface area contributed by atoms with Crippen molar-refractivity contribution in [2.24, 2.45) is 0 Å². The molecule has 2 nitrogen and oxygen atoms in total. The van der Waals surface area contributed by atoms with Gasteiger partial charge in [0.15, 0.2) is 0 Å². The van der Waals surface area contributed by atoms with Crippen molar-refractivity contribution in [3.05, 3.63) is 0 Å². The SMILES string of the molecule is CCCCCCCCCCCCCCOC(=O)CCCCBr. The molecule has 22 heavy (non-hydrogen) atoms. The van der Waals surface area contributed by atoms with E-state index in [1.54, 1.807) is 0 Å². The summed E-state index contributed by atoms with van der Waals surface area (Å²) in [7, 11) is 0. The lowest BCUT2D eigenvalue weighted by Gasteiger charge is -2.05. The molecule has 0 unspecified atom stereocenters. The minimum Gasteiger partial charge on any atom is -0.466 e. The van der Waals surface area contributed by atoms with Gasteiger partial charge in [-0.1, -0.05) is 93.5 Å². The second kappa shape index (κ2) is 19.0. The first-order valence-corrected chi connectivity index (χ1v) is 10.6. The number of hydrogen-bond donors (Lipinski definition) is 0. The molecule has 0 saturated heterocycles. The highest BCUT2D eigenvalue weighted by molar-refractivity contribution is 9.09. The number of carbonyl (C=O) groups is 1. The smallest absolute Gasteiger partial charge is 0.305 e. The zero-order chi connectivity index (χ0) is 16.3. The van der Waals surface area contributed by atoms with Crippen LogP contribution in [0.3, 0.4) is 0 Å². The maximum Gasteiger partial charge on any atom is 0.305 e. The maximum absolute atomic E-state index is 11.4. The van der Waals surface area contributed by atoms with Crippen molar-refractivity contribution < 1.29 is 9.53 Å². The predicted molar refractivity (Wildman–Crippen MR) is 99.7 cm³/mol. The van der Waals surface area contributed by atoms with E-state index in [2.05, 4.69) is 22.9 Å². The molecular formula is C19H37BrO2. The lowest BCUT2D eigenvalue weighted by Crippen LogP contribution is -2.05. The minimum absolute atomic E-state index is 0.0241. The van der Waals surface area contributed by atoms with Crippen molar-refractivity contribution in [1.29, 1.82) is 0 Å². The van der Waals surface area contributed by atoms with Gasteiger partial charge in [0.25, 0.3) is 0 Å². The molecule has 0 aromatic heterocycles. The minimum atomic E-state index is -0.0241. The standard InChI is InChI=1S/C19H37BrO2/c1-2-3-4-5-6-7-8-9-10-11-12-15-18-22-19(21)16-13-14-17-20/h2-18H2,1H3. The second-order valence-electron chi connectivity index (χ2n) is 6.26. The third kappa shape index (κ3) is 18.0. The summed E-state index contributed by atoms with van der Waals surface area (Å²) in [6.07, 6.45) is 18.6. The van der Waals surface area contributed by atoms with Gasteiger partial charge < -0.3 is 4.74 Å². The highest BCUT2D eigenvalue weighted by atomic mass is 79.9. The Morgan fingerprint density at radius 1 is 0.727 bits per heavy atom. The van der Waals surface area contributed by atoms with Crippen LogP contribution in [-0.2, 0) is 9.53 Å². The van der Waals surface area contributed by atoms with Crippen LogP contribution in [-0.4, -0.2) is 17.9 Å². The van der Waals surface area contributed by atoms with Crippen LogP contribution in [0.1, 0.15) is 103 Å². The van der Waals surface area contributed by atoms with Gasteiger partial charge in [-0.15, -0.1) is 0 Å². The highest BCUT2D eigenvalue weighted by Gasteiger charge is 2.01. The number of unbranched alkanes of at least 4 members (excludes halogenated alkanes) is 12. The summed E-state index contributed by atoms with van der Waals surface area (Å²) in [6, 6.07) is 0. The fraction of sp³-hybridized carbons (Fsp3) is 0.947. The summed E-state index contributed by atoms with van der Waals surface area (Å²) >= 11 is 3.36. The molecule has 0 aromatic carbocycles. The van der Waals surface area contributed by atoms with Crippen LogP contribution in [0.25, 0.3) is 0 Å². The van der Waals surface area contributed by atoms with Crippen LogP contribution in [0.15, 0.2) is 0 Å². The van der Waals surface area contributed by atoms with Crippen LogP contribution in [0.2, 0.25) is 0 Å². The Hall–Kier alpha value is -0.0500. The van der Waals surface area contributed by atoms with Gasteiger partial charge in [0.1, 0.15) is 0 Å². The number of ether oxygens (including phenoxy) is 1. The third-order valence-electron chi connectivity index (χ3n) is 4.03. The second-order valence-corrected chi connectivity index (χ2v) is 7.05. The van der Waals surface area contributed by atoms with E-state index in [0.29, 0.717) is 13.0 Å². The Bertz CT molecular complexity index is 231. The average molecular weight is 377 g/mol. The first-order valence-electron chi connectivity index (χ1n) is 9.52. The van der Waals surface area contributed by atoms with E-state index in [9.17, 15) is 4.79 Å². The largest absolute Gasteiger partial charge is 0.466 e. The van der Waals surface area contributed by atoms with Crippen LogP contribution in [0.4, 0.5) is 0 Å². The van der Waals surface area contributed by atoms with Crippen molar-refractivity contribution >= 4 is 21.9 Å². The molecule has 0 fully saturated rings. The van der Waals surface area contributed by atoms with E-state index < -0.39 is 0 Å². The molecule has 3 heteroatoms. The van der Waals surface area contributed by atoms with Gasteiger partial charge in [0.2, 0.25) is 0 Å². The first-order chi connectivity index (χ1) is 10.8. The van der Waals surface area contributed by atoms with Gasteiger partial charge >= 0.3 is 5.97 Å². The van der Waals surface area contributed by atoms with E-state index in [1.165, 1.54) is 70.6 Å². The van der Waals surface area contributed by atoms with E-state index in [-0.39, 0.29) is 5.97 Å². The number of rotatable bonds is 17. The fourth-order valence-corrected chi connectivity index (χ4v) is 2.96. The average Bonchev–Trinajstić information content (AvgIpc) is 2.52. The van der Waals surface area contributed by atoms with Crippen LogP contribution >= 0.6 is 15.9 Å². The van der Waals surface area contributed by atoms with E-state index >= 15 is 0 Å². The molecule has 0 amide bonds. The topological polar surface area (TPSA) is 26.3 Å². The molecular weight excluding hydrogens is 340 g/mol. The van der Waals surface area contributed by atoms with Crippen molar-refractivity contribution in [3.8, 4) is 0 Å². The third-order valence-corrected chi connectivity index (χ3v) is 4.59. The van der Waals surface area contributed by atoms with Gasteiger partial charge in [-0.3, -0.25) is 4.79 Å².